The Morgan fingerprint density at radius 2 is 1.82 bits per heavy atom. The molecule has 0 aromatic heterocycles. The van der Waals surface area contributed by atoms with E-state index < -0.39 is 11.6 Å². The summed E-state index contributed by atoms with van der Waals surface area (Å²) in [6.45, 7) is 2.12. The lowest BCUT2D eigenvalue weighted by Gasteiger charge is -2.03. The van der Waals surface area contributed by atoms with Crippen molar-refractivity contribution >= 4 is 5.78 Å². The monoisotopic (exact) mass is 240 g/mol. The van der Waals surface area contributed by atoms with E-state index in [4.69, 9.17) is 0 Å². The number of Topliss-reactive ketones (excluding diaryl/α,β-unsaturated/α-hetero) is 1. The Labute approximate surface area is 101 Å². The third-order valence-electron chi connectivity index (χ3n) is 2.74. The van der Waals surface area contributed by atoms with Crippen LogP contribution in [0.25, 0.3) is 0 Å². The largest absolute Gasteiger partial charge is 0.294 e. The molecular weight excluding hydrogens is 222 g/mol. The Bertz CT molecular complexity index is 374. The fourth-order valence-corrected chi connectivity index (χ4v) is 1.74. The summed E-state index contributed by atoms with van der Waals surface area (Å²) in [7, 11) is 0. The maximum Gasteiger partial charge on any atom is 0.165 e. The molecule has 0 saturated carbocycles. The van der Waals surface area contributed by atoms with Gasteiger partial charge in [-0.2, -0.15) is 0 Å². The van der Waals surface area contributed by atoms with E-state index in [1.165, 1.54) is 12.5 Å². The van der Waals surface area contributed by atoms with Crippen molar-refractivity contribution in [3.8, 4) is 0 Å². The first-order valence-corrected chi connectivity index (χ1v) is 6.13. The van der Waals surface area contributed by atoms with Crippen molar-refractivity contribution in [1.29, 1.82) is 0 Å². The highest BCUT2D eigenvalue weighted by atomic mass is 19.1. The molecule has 94 valence electrons. The van der Waals surface area contributed by atoms with Crippen LogP contribution in [0.2, 0.25) is 0 Å². The first-order valence-electron chi connectivity index (χ1n) is 6.13. The van der Waals surface area contributed by atoms with E-state index in [1.54, 1.807) is 0 Å². The molecule has 0 heterocycles. The van der Waals surface area contributed by atoms with E-state index >= 15 is 0 Å². The fraction of sp³-hybridized carbons (Fsp3) is 0.500. The van der Waals surface area contributed by atoms with Gasteiger partial charge in [-0.15, -0.1) is 0 Å². The number of rotatable bonds is 7. The molecule has 17 heavy (non-hydrogen) atoms. The van der Waals surface area contributed by atoms with Crippen molar-refractivity contribution in [2.24, 2.45) is 0 Å². The number of unbranched alkanes of at least 4 members (excludes halogenated alkanes) is 4. The highest BCUT2D eigenvalue weighted by Gasteiger charge is 2.11. The second-order valence-electron chi connectivity index (χ2n) is 4.21. The molecular formula is C14H18F2O. The molecule has 0 aliphatic carbocycles. The smallest absolute Gasteiger partial charge is 0.165 e. The molecule has 0 radical (unpaired) electrons. The number of hydrogen-bond donors (Lipinski definition) is 0. The highest BCUT2D eigenvalue weighted by Crippen LogP contribution is 2.14. The minimum atomic E-state index is -0.761. The predicted octanol–water partition coefficient (Wildman–Crippen LogP) is 4.51. The SMILES string of the molecule is CCCCCCCC(=O)c1ccc(F)cc1F. The van der Waals surface area contributed by atoms with Crippen LogP contribution in [0.5, 0.6) is 0 Å². The lowest BCUT2D eigenvalue weighted by atomic mass is 10.0. The molecule has 0 aliphatic rings. The van der Waals surface area contributed by atoms with Crippen LogP contribution in [-0.2, 0) is 0 Å². The number of carbonyl (C=O) groups is 1. The van der Waals surface area contributed by atoms with Crippen molar-refractivity contribution in [2.45, 2.75) is 45.4 Å². The van der Waals surface area contributed by atoms with Crippen LogP contribution in [0.15, 0.2) is 18.2 Å². The Balaban J connectivity index is 2.42. The van der Waals surface area contributed by atoms with E-state index in [-0.39, 0.29) is 11.3 Å². The van der Waals surface area contributed by atoms with Crippen molar-refractivity contribution < 1.29 is 13.6 Å². The lowest BCUT2D eigenvalue weighted by molar-refractivity contribution is 0.0975. The summed E-state index contributed by atoms with van der Waals surface area (Å²) in [4.78, 5) is 11.6. The number of benzene rings is 1. The molecule has 1 aromatic carbocycles. The van der Waals surface area contributed by atoms with Gasteiger partial charge in [0.25, 0.3) is 0 Å². The summed E-state index contributed by atoms with van der Waals surface area (Å²) >= 11 is 0. The molecule has 0 unspecified atom stereocenters. The molecule has 0 atom stereocenters. The van der Waals surface area contributed by atoms with E-state index in [0.717, 1.165) is 37.8 Å². The first-order chi connectivity index (χ1) is 8.15. The van der Waals surface area contributed by atoms with Gasteiger partial charge in [0.1, 0.15) is 11.6 Å². The minimum Gasteiger partial charge on any atom is -0.294 e. The second-order valence-corrected chi connectivity index (χ2v) is 4.21. The molecule has 0 amide bonds. The fourth-order valence-electron chi connectivity index (χ4n) is 1.74. The van der Waals surface area contributed by atoms with E-state index in [0.29, 0.717) is 6.42 Å². The number of halogens is 2. The molecule has 3 heteroatoms. The molecule has 0 N–H and O–H groups in total. The van der Waals surface area contributed by atoms with Crippen molar-refractivity contribution in [3.63, 3.8) is 0 Å². The molecule has 0 aliphatic heterocycles. The van der Waals surface area contributed by atoms with Gasteiger partial charge < -0.3 is 0 Å². The predicted molar refractivity (Wildman–Crippen MR) is 64.1 cm³/mol. The topological polar surface area (TPSA) is 17.1 Å². The minimum absolute atomic E-state index is 0.00175. The van der Waals surface area contributed by atoms with E-state index in [9.17, 15) is 13.6 Å². The molecule has 0 fully saturated rings. The number of hydrogen-bond acceptors (Lipinski definition) is 1. The average Bonchev–Trinajstić information content (AvgIpc) is 2.28. The molecule has 0 spiro atoms. The lowest BCUT2D eigenvalue weighted by Crippen LogP contribution is -2.02. The Morgan fingerprint density at radius 3 is 2.47 bits per heavy atom. The summed E-state index contributed by atoms with van der Waals surface area (Å²) in [5.41, 5.74) is 0.00175. The quantitative estimate of drug-likeness (QED) is 0.506. The van der Waals surface area contributed by atoms with Gasteiger partial charge in [0, 0.05) is 12.5 Å². The third kappa shape index (κ3) is 4.63. The summed E-state index contributed by atoms with van der Waals surface area (Å²) in [6.07, 6.45) is 5.53. The van der Waals surface area contributed by atoms with Crippen LogP contribution in [0, 0.1) is 11.6 Å². The van der Waals surface area contributed by atoms with Gasteiger partial charge in [-0.05, 0) is 18.6 Å². The van der Waals surface area contributed by atoms with Gasteiger partial charge in [0.15, 0.2) is 5.78 Å². The van der Waals surface area contributed by atoms with Gasteiger partial charge >= 0.3 is 0 Å². The molecule has 0 bridgehead atoms. The van der Waals surface area contributed by atoms with Crippen LogP contribution in [0.4, 0.5) is 8.78 Å². The Morgan fingerprint density at radius 1 is 1.12 bits per heavy atom. The van der Waals surface area contributed by atoms with Crippen LogP contribution in [-0.4, -0.2) is 5.78 Å². The van der Waals surface area contributed by atoms with Crippen LogP contribution in [0.1, 0.15) is 55.8 Å². The number of carbonyl (C=O) groups excluding carboxylic acids is 1. The van der Waals surface area contributed by atoms with Crippen molar-refractivity contribution in [2.75, 3.05) is 0 Å². The second kappa shape index (κ2) is 7.15. The Hall–Kier alpha value is -1.25. The maximum absolute atomic E-state index is 13.3. The average molecular weight is 240 g/mol. The molecule has 1 nitrogen and oxygen atoms in total. The van der Waals surface area contributed by atoms with Gasteiger partial charge in [0.2, 0.25) is 0 Å². The van der Waals surface area contributed by atoms with Crippen LogP contribution in [0.3, 0.4) is 0 Å². The molecule has 0 saturated heterocycles. The summed E-state index contributed by atoms with van der Waals surface area (Å²) in [6, 6.07) is 3.09. The van der Waals surface area contributed by atoms with E-state index in [1.807, 2.05) is 0 Å². The van der Waals surface area contributed by atoms with Crippen molar-refractivity contribution in [3.05, 3.63) is 35.4 Å². The zero-order valence-electron chi connectivity index (χ0n) is 10.1. The summed E-state index contributed by atoms with van der Waals surface area (Å²) < 4.78 is 25.9. The van der Waals surface area contributed by atoms with Gasteiger partial charge in [0.05, 0.1) is 5.56 Å². The van der Waals surface area contributed by atoms with Gasteiger partial charge in [-0.3, -0.25) is 4.79 Å². The van der Waals surface area contributed by atoms with E-state index in [2.05, 4.69) is 6.92 Å². The van der Waals surface area contributed by atoms with Crippen LogP contribution < -0.4 is 0 Å². The zero-order valence-corrected chi connectivity index (χ0v) is 10.1. The maximum atomic E-state index is 13.3. The highest BCUT2D eigenvalue weighted by molar-refractivity contribution is 5.96. The molecule has 1 aromatic rings. The van der Waals surface area contributed by atoms with Crippen LogP contribution >= 0.6 is 0 Å². The first kappa shape index (κ1) is 13.8. The summed E-state index contributed by atoms with van der Waals surface area (Å²) in [5.74, 6) is -1.65. The Kier molecular flexibility index (Phi) is 5.81. The molecule has 1 rings (SSSR count). The standard InChI is InChI=1S/C14H18F2O/c1-2-3-4-5-6-7-14(17)12-9-8-11(15)10-13(12)16/h8-10H,2-7H2,1H3. The zero-order chi connectivity index (χ0) is 12.7. The van der Waals surface area contributed by atoms with Gasteiger partial charge in [-0.25, -0.2) is 8.78 Å². The van der Waals surface area contributed by atoms with Crippen molar-refractivity contribution in [1.82, 2.24) is 0 Å². The third-order valence-corrected chi connectivity index (χ3v) is 2.74. The van der Waals surface area contributed by atoms with Gasteiger partial charge in [-0.1, -0.05) is 32.6 Å². The number of ketones is 1. The normalized spacial score (nSPS) is 10.5. The summed E-state index contributed by atoms with van der Waals surface area (Å²) in [5, 5.41) is 0.